The van der Waals surface area contributed by atoms with Gasteiger partial charge in [0, 0.05) is 0 Å². The number of hydrogen-bond donors (Lipinski definition) is 2. The number of carbonyl (C=O) groups is 3. The molecule has 0 radical (unpaired) electrons. The second kappa shape index (κ2) is 8.67. The molecule has 0 aliphatic rings. The summed E-state index contributed by atoms with van der Waals surface area (Å²) in [5, 5.41) is 10.6. The van der Waals surface area contributed by atoms with Gasteiger partial charge in [-0.2, -0.15) is 0 Å². The number of nitrogen functional groups attached to an aromatic ring is 1. The number of thiophene rings is 1. The Hall–Kier alpha value is -2.60. The first kappa shape index (κ1) is 19.7. The zero-order valence-electron chi connectivity index (χ0n) is 14.3. The van der Waals surface area contributed by atoms with E-state index in [1.807, 2.05) is 0 Å². The highest BCUT2D eigenvalue weighted by Gasteiger charge is 2.27. The molecule has 0 bridgehead atoms. The van der Waals surface area contributed by atoms with Gasteiger partial charge in [0.2, 0.25) is 11.1 Å². The first-order valence-electron chi connectivity index (χ1n) is 7.35. The zero-order valence-corrected chi connectivity index (χ0v) is 15.9. The molecule has 0 fully saturated rings. The molecule has 26 heavy (non-hydrogen) atoms. The molecular formula is C14H17N5O5S2. The molecule has 140 valence electrons. The number of aromatic nitrogens is 3. The highest BCUT2D eigenvalue weighted by molar-refractivity contribution is 7.99. The van der Waals surface area contributed by atoms with Gasteiger partial charge in [0.1, 0.15) is 16.2 Å². The molecule has 3 N–H and O–H groups in total. The van der Waals surface area contributed by atoms with Crippen LogP contribution < -0.4 is 11.2 Å². The van der Waals surface area contributed by atoms with Gasteiger partial charge >= 0.3 is 11.9 Å². The first-order chi connectivity index (χ1) is 12.4. The van der Waals surface area contributed by atoms with E-state index >= 15 is 0 Å². The number of carbonyl (C=O) groups excluding carboxylic acids is 3. The number of hydrogen-bond acceptors (Lipinski definition) is 10. The number of ether oxygens (including phenoxy) is 2. The number of rotatable bonds is 7. The fourth-order valence-electron chi connectivity index (χ4n) is 1.97. The Morgan fingerprint density at radius 1 is 1.38 bits per heavy atom. The number of methoxy groups -OCH3 is 1. The van der Waals surface area contributed by atoms with Gasteiger partial charge in [-0.15, -0.1) is 21.5 Å². The zero-order chi connectivity index (χ0) is 19.3. The lowest BCUT2D eigenvalue weighted by Crippen LogP contribution is -2.17. The number of esters is 2. The predicted octanol–water partition coefficient (Wildman–Crippen LogP) is 1.06. The van der Waals surface area contributed by atoms with Crippen LogP contribution >= 0.6 is 23.1 Å². The second-order valence-corrected chi connectivity index (χ2v) is 6.79. The van der Waals surface area contributed by atoms with E-state index in [0.717, 1.165) is 23.1 Å². The van der Waals surface area contributed by atoms with Crippen molar-refractivity contribution < 1.29 is 23.9 Å². The lowest BCUT2D eigenvalue weighted by molar-refractivity contribution is -0.113. The minimum absolute atomic E-state index is 0.0112. The van der Waals surface area contributed by atoms with E-state index in [-0.39, 0.29) is 27.8 Å². The van der Waals surface area contributed by atoms with E-state index in [0.29, 0.717) is 10.7 Å². The van der Waals surface area contributed by atoms with E-state index in [2.05, 4.69) is 15.5 Å². The molecule has 2 aromatic rings. The number of nitrogens with one attached hydrogen (secondary N) is 1. The van der Waals surface area contributed by atoms with Crippen molar-refractivity contribution in [3.63, 3.8) is 0 Å². The van der Waals surface area contributed by atoms with Gasteiger partial charge in [-0.1, -0.05) is 11.8 Å². The first-order valence-corrected chi connectivity index (χ1v) is 9.15. The summed E-state index contributed by atoms with van der Waals surface area (Å²) in [6.07, 6.45) is 1.31. The van der Waals surface area contributed by atoms with Crippen LogP contribution in [0.25, 0.3) is 0 Å². The van der Waals surface area contributed by atoms with Gasteiger partial charge in [-0.05, 0) is 19.4 Å². The summed E-state index contributed by atoms with van der Waals surface area (Å²) in [5.41, 5.74) is 0.530. The van der Waals surface area contributed by atoms with Gasteiger partial charge in [0.25, 0.3) is 0 Å². The maximum absolute atomic E-state index is 12.2. The summed E-state index contributed by atoms with van der Waals surface area (Å²) in [4.78, 5) is 36.5. The molecule has 0 aromatic carbocycles. The van der Waals surface area contributed by atoms with Crippen LogP contribution in [-0.4, -0.2) is 52.2 Å². The summed E-state index contributed by atoms with van der Waals surface area (Å²) < 4.78 is 10.9. The second-order valence-electron chi connectivity index (χ2n) is 4.83. The Kier molecular flexibility index (Phi) is 6.58. The normalized spacial score (nSPS) is 10.4. The fourth-order valence-corrected chi connectivity index (χ4v) is 3.73. The molecule has 0 atom stereocenters. The SMILES string of the molecule is CCOC(=O)c1c(NC(=O)CSc2nncn2N)sc(C(=O)OC)c1C. The maximum atomic E-state index is 12.2. The lowest BCUT2D eigenvalue weighted by Gasteiger charge is -2.07. The Bertz CT molecular complexity index is 832. The van der Waals surface area contributed by atoms with E-state index < -0.39 is 17.8 Å². The molecule has 10 nitrogen and oxygen atoms in total. The van der Waals surface area contributed by atoms with E-state index in [4.69, 9.17) is 15.3 Å². The van der Waals surface area contributed by atoms with Crippen molar-refractivity contribution in [1.29, 1.82) is 0 Å². The molecule has 2 aromatic heterocycles. The number of thioether (sulfide) groups is 1. The predicted molar refractivity (Wildman–Crippen MR) is 95.9 cm³/mol. The van der Waals surface area contributed by atoms with Crippen LogP contribution in [0.1, 0.15) is 32.5 Å². The molecule has 0 aliphatic carbocycles. The third-order valence-electron chi connectivity index (χ3n) is 3.12. The van der Waals surface area contributed by atoms with Crippen molar-refractivity contribution >= 4 is 45.9 Å². The summed E-state index contributed by atoms with van der Waals surface area (Å²) in [6.45, 7) is 3.42. The van der Waals surface area contributed by atoms with Crippen LogP contribution in [0.3, 0.4) is 0 Å². The fraction of sp³-hybridized carbons (Fsp3) is 0.357. The quantitative estimate of drug-likeness (QED) is 0.397. The molecule has 1 amide bonds. The number of nitrogens with two attached hydrogens (primary N) is 1. The van der Waals surface area contributed by atoms with E-state index in [1.165, 1.54) is 18.1 Å². The Morgan fingerprint density at radius 3 is 2.69 bits per heavy atom. The van der Waals surface area contributed by atoms with E-state index in [1.54, 1.807) is 13.8 Å². The molecule has 0 saturated carbocycles. The smallest absolute Gasteiger partial charge is 0.348 e. The lowest BCUT2D eigenvalue weighted by atomic mass is 10.1. The van der Waals surface area contributed by atoms with Crippen molar-refractivity contribution in [2.75, 3.05) is 30.6 Å². The van der Waals surface area contributed by atoms with Crippen molar-refractivity contribution in [2.45, 2.75) is 19.0 Å². The van der Waals surface area contributed by atoms with Gasteiger partial charge in [0.05, 0.1) is 25.0 Å². The number of amides is 1. The van der Waals surface area contributed by atoms with Crippen molar-refractivity contribution in [3.8, 4) is 0 Å². The summed E-state index contributed by atoms with van der Waals surface area (Å²) >= 11 is 2.03. The molecular weight excluding hydrogens is 382 g/mol. The average Bonchev–Trinajstić information content (AvgIpc) is 3.15. The monoisotopic (exact) mass is 399 g/mol. The van der Waals surface area contributed by atoms with Crippen molar-refractivity contribution in [1.82, 2.24) is 14.9 Å². The van der Waals surface area contributed by atoms with Crippen molar-refractivity contribution in [3.05, 3.63) is 22.3 Å². The molecule has 12 heteroatoms. The molecule has 0 unspecified atom stereocenters. The van der Waals surface area contributed by atoms with Crippen LogP contribution in [0.2, 0.25) is 0 Å². The van der Waals surface area contributed by atoms with Gasteiger partial charge < -0.3 is 20.6 Å². The van der Waals surface area contributed by atoms with Crippen LogP contribution in [0.5, 0.6) is 0 Å². The Morgan fingerprint density at radius 2 is 2.12 bits per heavy atom. The highest BCUT2D eigenvalue weighted by atomic mass is 32.2. The molecule has 2 rings (SSSR count). The van der Waals surface area contributed by atoms with Gasteiger partial charge in [-0.25, -0.2) is 14.3 Å². The van der Waals surface area contributed by atoms with Crippen LogP contribution in [0.15, 0.2) is 11.5 Å². The van der Waals surface area contributed by atoms with Crippen LogP contribution in [0, 0.1) is 6.92 Å². The van der Waals surface area contributed by atoms with Crippen LogP contribution in [-0.2, 0) is 14.3 Å². The maximum Gasteiger partial charge on any atom is 0.348 e. The summed E-state index contributed by atoms with van der Waals surface area (Å²) in [5.74, 6) is 3.95. The molecule has 0 spiro atoms. The minimum atomic E-state index is -0.624. The van der Waals surface area contributed by atoms with Gasteiger partial charge in [0.15, 0.2) is 0 Å². The molecule has 2 heterocycles. The third-order valence-corrected chi connectivity index (χ3v) is 5.27. The average molecular weight is 399 g/mol. The Balaban J connectivity index is 2.20. The standard InChI is InChI=1S/C14H17N5O5S2/c1-4-24-12(21)9-7(2)10(13(22)23-3)26-11(9)17-8(20)5-25-14-18-16-6-19(14)15/h6H,4-5,15H2,1-3H3,(H,17,20). The van der Waals surface area contributed by atoms with E-state index in [9.17, 15) is 14.4 Å². The summed E-state index contributed by atoms with van der Waals surface area (Å²) in [6, 6.07) is 0. The number of nitrogens with zero attached hydrogens (tertiary/aromatic N) is 3. The van der Waals surface area contributed by atoms with Crippen molar-refractivity contribution in [2.24, 2.45) is 0 Å². The number of anilines is 1. The summed E-state index contributed by atoms with van der Waals surface area (Å²) in [7, 11) is 1.24. The van der Waals surface area contributed by atoms with Gasteiger partial charge in [-0.3, -0.25) is 4.79 Å². The highest BCUT2D eigenvalue weighted by Crippen LogP contribution is 2.34. The van der Waals surface area contributed by atoms with Crippen LogP contribution in [0.4, 0.5) is 5.00 Å². The minimum Gasteiger partial charge on any atom is -0.465 e. The molecule has 0 aliphatic heterocycles. The topological polar surface area (TPSA) is 138 Å². The third kappa shape index (κ3) is 4.32. The largest absolute Gasteiger partial charge is 0.465 e. The molecule has 0 saturated heterocycles. The Labute approximate surface area is 157 Å².